The van der Waals surface area contributed by atoms with E-state index in [1.807, 2.05) is 65.3 Å². The molecule has 0 spiro atoms. The molecule has 0 atom stereocenters. The first kappa shape index (κ1) is 22.3. The number of hydrogen-bond donors (Lipinski definition) is 1. The van der Waals surface area contributed by atoms with Crippen LogP contribution in [0.5, 0.6) is 5.75 Å². The molecule has 1 N–H and O–H groups in total. The lowest BCUT2D eigenvalue weighted by Gasteiger charge is -2.08. The number of nitrogens with zero attached hydrogens (tertiary/aromatic N) is 5. The molecule has 0 aliphatic heterocycles. The molecule has 3 heterocycles. The standard InChI is InChI=1S/C27H26N6O2/c1-18(2)33-26-21(14-29-33)12-22(15-28-26)30-27(34)24-17-32(16-19-8-5-4-6-9-19)31-25(24)20-10-7-11-23(13-20)35-3/h4-15,17-18H,16H2,1-3H3,(H,30,34). The van der Waals surface area contributed by atoms with Crippen LogP contribution in [0.4, 0.5) is 5.69 Å². The number of fused-ring (bicyclic) bond motifs is 1. The number of carbonyl (C=O) groups is 1. The molecular weight excluding hydrogens is 440 g/mol. The van der Waals surface area contributed by atoms with Crippen LogP contribution in [0.2, 0.25) is 0 Å². The van der Waals surface area contributed by atoms with Crippen LogP contribution in [0.3, 0.4) is 0 Å². The minimum Gasteiger partial charge on any atom is -0.497 e. The van der Waals surface area contributed by atoms with E-state index in [-0.39, 0.29) is 11.9 Å². The van der Waals surface area contributed by atoms with E-state index in [4.69, 9.17) is 9.84 Å². The predicted molar refractivity (Wildman–Crippen MR) is 136 cm³/mol. The number of aromatic nitrogens is 5. The minimum absolute atomic E-state index is 0.196. The Bertz CT molecular complexity index is 1490. The normalized spacial score (nSPS) is 11.2. The predicted octanol–water partition coefficient (Wildman–Crippen LogP) is 5.18. The lowest BCUT2D eigenvalue weighted by atomic mass is 10.1. The van der Waals surface area contributed by atoms with E-state index < -0.39 is 0 Å². The molecule has 176 valence electrons. The van der Waals surface area contributed by atoms with Crippen LogP contribution in [-0.2, 0) is 6.54 Å². The topological polar surface area (TPSA) is 86.9 Å². The van der Waals surface area contributed by atoms with Gasteiger partial charge in [0.05, 0.1) is 37.3 Å². The molecule has 35 heavy (non-hydrogen) atoms. The number of amides is 1. The third kappa shape index (κ3) is 4.63. The summed E-state index contributed by atoms with van der Waals surface area (Å²) in [6.45, 7) is 4.65. The van der Waals surface area contributed by atoms with Crippen LogP contribution in [0.15, 0.2) is 79.3 Å². The highest BCUT2D eigenvalue weighted by molar-refractivity contribution is 6.08. The Hall–Kier alpha value is -4.46. The Morgan fingerprint density at radius 1 is 1.06 bits per heavy atom. The van der Waals surface area contributed by atoms with Gasteiger partial charge in [0.1, 0.15) is 11.4 Å². The zero-order valence-corrected chi connectivity index (χ0v) is 19.8. The summed E-state index contributed by atoms with van der Waals surface area (Å²) in [5.74, 6) is 0.433. The monoisotopic (exact) mass is 466 g/mol. The number of pyridine rings is 1. The first-order chi connectivity index (χ1) is 17.0. The van der Waals surface area contributed by atoms with Gasteiger partial charge in [0.15, 0.2) is 5.65 Å². The van der Waals surface area contributed by atoms with Gasteiger partial charge in [-0.1, -0.05) is 42.5 Å². The zero-order chi connectivity index (χ0) is 24.4. The van der Waals surface area contributed by atoms with Gasteiger partial charge in [0, 0.05) is 23.2 Å². The number of rotatable bonds is 7. The van der Waals surface area contributed by atoms with E-state index in [0.29, 0.717) is 29.2 Å². The van der Waals surface area contributed by atoms with Crippen molar-refractivity contribution in [2.45, 2.75) is 26.4 Å². The van der Waals surface area contributed by atoms with E-state index in [0.717, 1.165) is 22.2 Å². The number of benzene rings is 2. The van der Waals surface area contributed by atoms with E-state index >= 15 is 0 Å². The van der Waals surface area contributed by atoms with E-state index in [2.05, 4.69) is 29.2 Å². The molecule has 8 heteroatoms. The highest BCUT2D eigenvalue weighted by atomic mass is 16.5. The van der Waals surface area contributed by atoms with Gasteiger partial charge in [0.25, 0.3) is 5.91 Å². The Morgan fingerprint density at radius 3 is 2.66 bits per heavy atom. The molecule has 0 saturated carbocycles. The van der Waals surface area contributed by atoms with Crippen LogP contribution in [0, 0.1) is 0 Å². The van der Waals surface area contributed by atoms with E-state index in [9.17, 15) is 4.79 Å². The molecule has 3 aromatic heterocycles. The number of hydrogen-bond acceptors (Lipinski definition) is 5. The molecule has 0 unspecified atom stereocenters. The van der Waals surface area contributed by atoms with Gasteiger partial charge in [0.2, 0.25) is 0 Å². The summed E-state index contributed by atoms with van der Waals surface area (Å²) in [6.07, 6.45) is 5.19. The molecule has 1 amide bonds. The fourth-order valence-corrected chi connectivity index (χ4v) is 4.01. The summed E-state index contributed by atoms with van der Waals surface area (Å²) in [6, 6.07) is 19.6. The van der Waals surface area contributed by atoms with Crippen LogP contribution in [-0.4, -0.2) is 37.6 Å². The number of anilines is 1. The van der Waals surface area contributed by atoms with Crippen molar-refractivity contribution >= 4 is 22.6 Å². The highest BCUT2D eigenvalue weighted by Crippen LogP contribution is 2.27. The Kier molecular flexibility index (Phi) is 6.01. The SMILES string of the molecule is COc1cccc(-c2nn(Cc3ccccc3)cc2C(=O)Nc2cnc3c(cnn3C(C)C)c2)c1. The third-order valence-electron chi connectivity index (χ3n) is 5.72. The number of ether oxygens (including phenoxy) is 1. The quantitative estimate of drug-likeness (QED) is 0.357. The molecule has 0 bridgehead atoms. The molecular formula is C27H26N6O2. The second-order valence-electron chi connectivity index (χ2n) is 8.58. The van der Waals surface area contributed by atoms with Crippen molar-refractivity contribution < 1.29 is 9.53 Å². The average molecular weight is 467 g/mol. The Morgan fingerprint density at radius 2 is 1.89 bits per heavy atom. The lowest BCUT2D eigenvalue weighted by Crippen LogP contribution is -2.12. The summed E-state index contributed by atoms with van der Waals surface area (Å²) < 4.78 is 9.02. The van der Waals surface area contributed by atoms with Crippen molar-refractivity contribution in [3.63, 3.8) is 0 Å². The van der Waals surface area contributed by atoms with E-state index in [1.165, 1.54) is 0 Å². The summed E-state index contributed by atoms with van der Waals surface area (Å²) in [4.78, 5) is 18.0. The van der Waals surface area contributed by atoms with Crippen LogP contribution in [0.25, 0.3) is 22.3 Å². The maximum atomic E-state index is 13.4. The third-order valence-corrected chi connectivity index (χ3v) is 5.72. The fourth-order valence-electron chi connectivity index (χ4n) is 4.01. The number of methoxy groups -OCH3 is 1. The first-order valence-electron chi connectivity index (χ1n) is 11.4. The number of carbonyl (C=O) groups excluding carboxylic acids is 1. The van der Waals surface area contributed by atoms with Crippen LogP contribution in [0.1, 0.15) is 35.8 Å². The molecule has 0 saturated heterocycles. The maximum absolute atomic E-state index is 13.4. The molecule has 0 fully saturated rings. The van der Waals surface area contributed by atoms with Gasteiger partial charge in [-0.3, -0.25) is 9.48 Å². The molecule has 8 nitrogen and oxygen atoms in total. The van der Waals surface area contributed by atoms with Crippen molar-refractivity contribution in [2.75, 3.05) is 12.4 Å². The molecule has 5 aromatic rings. The molecule has 2 aromatic carbocycles. The second-order valence-corrected chi connectivity index (χ2v) is 8.58. The summed E-state index contributed by atoms with van der Waals surface area (Å²) in [5.41, 5.74) is 4.32. The minimum atomic E-state index is -0.264. The Labute approximate surface area is 203 Å². The Balaban J connectivity index is 1.49. The fraction of sp³-hybridized carbons (Fsp3) is 0.185. The van der Waals surface area contributed by atoms with E-state index in [1.54, 1.807) is 30.4 Å². The summed E-state index contributed by atoms with van der Waals surface area (Å²) >= 11 is 0. The van der Waals surface area contributed by atoms with Crippen molar-refractivity contribution in [1.29, 1.82) is 0 Å². The molecule has 0 radical (unpaired) electrons. The zero-order valence-electron chi connectivity index (χ0n) is 19.8. The maximum Gasteiger partial charge on any atom is 0.259 e. The molecule has 0 aliphatic carbocycles. The number of nitrogens with one attached hydrogen (secondary N) is 1. The van der Waals surface area contributed by atoms with Gasteiger partial charge >= 0.3 is 0 Å². The average Bonchev–Trinajstić information content (AvgIpc) is 3.49. The van der Waals surface area contributed by atoms with Gasteiger partial charge in [-0.2, -0.15) is 10.2 Å². The lowest BCUT2D eigenvalue weighted by molar-refractivity contribution is 0.102. The van der Waals surface area contributed by atoms with Gasteiger partial charge in [-0.15, -0.1) is 0 Å². The molecule has 0 aliphatic rings. The highest BCUT2D eigenvalue weighted by Gasteiger charge is 2.19. The van der Waals surface area contributed by atoms with Crippen LogP contribution < -0.4 is 10.1 Å². The van der Waals surface area contributed by atoms with Crippen molar-refractivity contribution in [3.8, 4) is 17.0 Å². The van der Waals surface area contributed by atoms with Crippen molar-refractivity contribution in [1.82, 2.24) is 24.5 Å². The first-order valence-corrected chi connectivity index (χ1v) is 11.4. The van der Waals surface area contributed by atoms with Crippen molar-refractivity contribution in [2.24, 2.45) is 0 Å². The van der Waals surface area contributed by atoms with Gasteiger partial charge < -0.3 is 10.1 Å². The van der Waals surface area contributed by atoms with Gasteiger partial charge in [-0.25, -0.2) is 9.67 Å². The smallest absolute Gasteiger partial charge is 0.259 e. The largest absolute Gasteiger partial charge is 0.497 e. The summed E-state index contributed by atoms with van der Waals surface area (Å²) in [5, 5.41) is 13.0. The van der Waals surface area contributed by atoms with Crippen molar-refractivity contribution in [3.05, 3.63) is 90.4 Å². The summed E-state index contributed by atoms with van der Waals surface area (Å²) in [7, 11) is 1.62. The van der Waals surface area contributed by atoms with Crippen LogP contribution >= 0.6 is 0 Å². The molecule has 5 rings (SSSR count). The second kappa shape index (κ2) is 9.42. The van der Waals surface area contributed by atoms with Gasteiger partial charge in [-0.05, 0) is 37.6 Å².